The number of rotatable bonds is 9. The highest BCUT2D eigenvalue weighted by molar-refractivity contribution is 6.36. The second-order valence-corrected chi connectivity index (χ2v) is 7.11. The summed E-state index contributed by atoms with van der Waals surface area (Å²) in [6.07, 6.45) is 0. The number of benzene rings is 2. The van der Waals surface area contributed by atoms with Crippen LogP contribution in [0.25, 0.3) is 0 Å². The number of hydrogen-bond donors (Lipinski definition) is 2. The molecule has 10 heteroatoms. The maximum Gasteiger partial charge on any atom is 0.258 e. The van der Waals surface area contributed by atoms with Crippen molar-refractivity contribution >= 4 is 58.2 Å². The summed E-state index contributed by atoms with van der Waals surface area (Å²) >= 11 is 23.5. The van der Waals surface area contributed by atoms with Gasteiger partial charge >= 0.3 is 0 Å². The van der Waals surface area contributed by atoms with Crippen LogP contribution in [0.3, 0.4) is 0 Å². The Morgan fingerprint density at radius 1 is 0.714 bits per heavy atom. The fourth-order valence-corrected chi connectivity index (χ4v) is 2.90. The van der Waals surface area contributed by atoms with Crippen LogP contribution in [0.1, 0.15) is 0 Å². The van der Waals surface area contributed by atoms with Crippen LogP contribution in [0.15, 0.2) is 36.4 Å². The van der Waals surface area contributed by atoms with Crippen molar-refractivity contribution in [1.29, 1.82) is 0 Å². The Hall–Kier alpha value is -1.86. The van der Waals surface area contributed by atoms with E-state index in [1.807, 2.05) is 0 Å². The minimum atomic E-state index is -0.357. The van der Waals surface area contributed by atoms with E-state index in [1.165, 1.54) is 12.1 Å². The first kappa shape index (κ1) is 22.4. The van der Waals surface area contributed by atoms with E-state index in [-0.39, 0.29) is 38.1 Å². The maximum atomic E-state index is 11.7. The summed E-state index contributed by atoms with van der Waals surface area (Å²) < 4.78 is 10.6. The molecule has 0 saturated carbocycles. The highest BCUT2D eigenvalue weighted by atomic mass is 35.5. The Kier molecular flexibility index (Phi) is 8.99. The van der Waals surface area contributed by atoms with Gasteiger partial charge in [-0.25, -0.2) is 0 Å². The number of amides is 2. The normalized spacial score (nSPS) is 10.3. The van der Waals surface area contributed by atoms with Gasteiger partial charge in [0.05, 0.1) is 10.0 Å². The molecular weight excluding hydrogens is 450 g/mol. The molecule has 0 aliphatic heterocycles. The topological polar surface area (TPSA) is 76.7 Å². The summed E-state index contributed by atoms with van der Waals surface area (Å²) in [7, 11) is 0. The summed E-state index contributed by atoms with van der Waals surface area (Å²) in [6.45, 7) is 0.0227. The first-order chi connectivity index (χ1) is 13.3. The van der Waals surface area contributed by atoms with Crippen molar-refractivity contribution in [2.75, 3.05) is 26.3 Å². The van der Waals surface area contributed by atoms with Crippen molar-refractivity contribution in [3.63, 3.8) is 0 Å². The van der Waals surface area contributed by atoms with Gasteiger partial charge in [0.2, 0.25) is 0 Å². The molecule has 0 bridgehead atoms. The van der Waals surface area contributed by atoms with Crippen LogP contribution < -0.4 is 20.1 Å². The molecule has 2 amide bonds. The zero-order valence-corrected chi connectivity index (χ0v) is 17.5. The van der Waals surface area contributed by atoms with E-state index in [1.54, 1.807) is 24.3 Å². The van der Waals surface area contributed by atoms with E-state index in [4.69, 9.17) is 55.9 Å². The Morgan fingerprint density at radius 2 is 1.11 bits per heavy atom. The molecule has 0 spiro atoms. The van der Waals surface area contributed by atoms with Crippen LogP contribution in [0.2, 0.25) is 20.1 Å². The number of carbonyl (C=O) groups is 2. The lowest BCUT2D eigenvalue weighted by Crippen LogP contribution is -2.38. The minimum Gasteiger partial charge on any atom is -0.482 e. The molecule has 28 heavy (non-hydrogen) atoms. The molecule has 0 unspecified atom stereocenters. The molecule has 0 radical (unpaired) electrons. The molecule has 150 valence electrons. The van der Waals surface area contributed by atoms with E-state index in [0.717, 1.165) is 0 Å². The average molecular weight is 466 g/mol. The van der Waals surface area contributed by atoms with Crippen molar-refractivity contribution in [3.8, 4) is 11.5 Å². The van der Waals surface area contributed by atoms with Gasteiger partial charge in [0, 0.05) is 23.1 Å². The van der Waals surface area contributed by atoms with Crippen molar-refractivity contribution < 1.29 is 19.1 Å². The number of ether oxygens (including phenoxy) is 2. The second-order valence-electron chi connectivity index (χ2n) is 5.43. The Morgan fingerprint density at radius 3 is 1.46 bits per heavy atom. The van der Waals surface area contributed by atoms with Crippen LogP contribution >= 0.6 is 46.4 Å². The molecule has 6 nitrogen and oxygen atoms in total. The van der Waals surface area contributed by atoms with Gasteiger partial charge in [-0.15, -0.1) is 0 Å². The van der Waals surface area contributed by atoms with Crippen LogP contribution in [-0.2, 0) is 9.59 Å². The number of carbonyl (C=O) groups excluding carboxylic acids is 2. The van der Waals surface area contributed by atoms with Gasteiger partial charge in [-0.05, 0) is 36.4 Å². The first-order valence-corrected chi connectivity index (χ1v) is 9.55. The third-order valence-electron chi connectivity index (χ3n) is 3.27. The average Bonchev–Trinajstić information content (AvgIpc) is 2.64. The summed E-state index contributed by atoms with van der Waals surface area (Å²) in [4.78, 5) is 23.5. The number of halogens is 4. The van der Waals surface area contributed by atoms with E-state index in [9.17, 15) is 9.59 Å². The van der Waals surface area contributed by atoms with E-state index in [2.05, 4.69) is 10.6 Å². The molecule has 0 atom stereocenters. The van der Waals surface area contributed by atoms with Gasteiger partial charge in [-0.1, -0.05) is 46.4 Å². The van der Waals surface area contributed by atoms with Gasteiger partial charge < -0.3 is 20.1 Å². The predicted molar refractivity (Wildman–Crippen MR) is 110 cm³/mol. The predicted octanol–water partition coefficient (Wildman–Crippen LogP) is 3.99. The Labute approximate surface area is 182 Å². The smallest absolute Gasteiger partial charge is 0.258 e. The van der Waals surface area contributed by atoms with Gasteiger partial charge in [-0.2, -0.15) is 0 Å². The Bertz CT molecular complexity index is 779. The van der Waals surface area contributed by atoms with Gasteiger partial charge in [-0.3, -0.25) is 9.59 Å². The third kappa shape index (κ3) is 7.64. The lowest BCUT2D eigenvalue weighted by atomic mass is 10.3. The van der Waals surface area contributed by atoms with E-state index >= 15 is 0 Å². The quantitative estimate of drug-likeness (QED) is 0.549. The fraction of sp³-hybridized carbons (Fsp3) is 0.222. The molecule has 2 aromatic carbocycles. The molecule has 2 rings (SSSR count). The first-order valence-electron chi connectivity index (χ1n) is 8.04. The van der Waals surface area contributed by atoms with Crippen molar-refractivity contribution in [1.82, 2.24) is 10.6 Å². The second kappa shape index (κ2) is 11.2. The molecule has 0 aromatic heterocycles. The van der Waals surface area contributed by atoms with Crippen molar-refractivity contribution in [2.45, 2.75) is 0 Å². The van der Waals surface area contributed by atoms with Crippen LogP contribution in [0.5, 0.6) is 11.5 Å². The van der Waals surface area contributed by atoms with Crippen LogP contribution in [0, 0.1) is 0 Å². The summed E-state index contributed by atoms with van der Waals surface area (Å²) in [5, 5.41) is 6.78. The van der Waals surface area contributed by atoms with Crippen molar-refractivity contribution in [3.05, 3.63) is 56.5 Å². The molecule has 2 aromatic rings. The fourth-order valence-electron chi connectivity index (χ4n) is 1.98. The van der Waals surface area contributed by atoms with E-state index < -0.39 is 0 Å². The third-order valence-corrected chi connectivity index (χ3v) is 4.34. The number of nitrogens with one attached hydrogen (secondary N) is 2. The highest BCUT2D eigenvalue weighted by Crippen LogP contribution is 2.28. The van der Waals surface area contributed by atoms with Gasteiger partial charge in [0.25, 0.3) is 11.8 Å². The van der Waals surface area contributed by atoms with Gasteiger partial charge in [0.15, 0.2) is 13.2 Å². The molecule has 0 fully saturated rings. The van der Waals surface area contributed by atoms with E-state index in [0.29, 0.717) is 31.6 Å². The molecule has 0 aliphatic carbocycles. The molecule has 0 aliphatic rings. The van der Waals surface area contributed by atoms with Crippen molar-refractivity contribution in [2.24, 2.45) is 0 Å². The monoisotopic (exact) mass is 464 g/mol. The molecule has 0 saturated heterocycles. The van der Waals surface area contributed by atoms with Crippen LogP contribution in [0.4, 0.5) is 0 Å². The zero-order chi connectivity index (χ0) is 20.5. The number of hydrogen-bond acceptors (Lipinski definition) is 4. The highest BCUT2D eigenvalue weighted by Gasteiger charge is 2.08. The summed E-state index contributed by atoms with van der Waals surface area (Å²) in [6, 6.07) is 9.40. The maximum absolute atomic E-state index is 11.7. The largest absolute Gasteiger partial charge is 0.482 e. The zero-order valence-electron chi connectivity index (χ0n) is 14.4. The molecule has 0 heterocycles. The Balaban J connectivity index is 1.61. The summed E-state index contributed by atoms with van der Waals surface area (Å²) in [5.74, 6) is -0.00557. The van der Waals surface area contributed by atoms with Gasteiger partial charge in [0.1, 0.15) is 11.5 Å². The molecule has 2 N–H and O–H groups in total. The SMILES string of the molecule is O=C(COc1ccc(Cl)cc1Cl)NCCNC(=O)COc1ccc(Cl)cc1Cl. The summed E-state index contributed by atoms with van der Waals surface area (Å²) in [5.41, 5.74) is 0. The lowest BCUT2D eigenvalue weighted by Gasteiger charge is -2.10. The standard InChI is InChI=1S/C18H16Cl4N2O4/c19-11-1-3-15(13(21)7-11)27-9-17(25)23-5-6-24-18(26)10-28-16-4-2-12(20)8-14(16)22/h1-4,7-8H,5-6,9-10H2,(H,23,25)(H,24,26). The minimum absolute atomic E-state index is 0.215. The van der Waals surface area contributed by atoms with Crippen LogP contribution in [-0.4, -0.2) is 38.1 Å². The lowest BCUT2D eigenvalue weighted by molar-refractivity contribution is -0.124. The molecular formula is C18H16Cl4N2O4.